The fourth-order valence-electron chi connectivity index (χ4n) is 2.55. The Morgan fingerprint density at radius 3 is 2.61 bits per heavy atom. The highest BCUT2D eigenvalue weighted by molar-refractivity contribution is 6.01. The zero-order valence-corrected chi connectivity index (χ0v) is 13.7. The molecule has 0 spiro atoms. The molecule has 12 heteroatoms. The van der Waals surface area contributed by atoms with Crippen molar-refractivity contribution in [2.45, 2.75) is 6.18 Å². The van der Waals surface area contributed by atoms with E-state index < -0.39 is 52.5 Å². The minimum atomic E-state index is -4.74. The lowest BCUT2D eigenvalue weighted by Crippen LogP contribution is -2.33. The normalized spacial score (nSPS) is 11.6. The summed E-state index contributed by atoms with van der Waals surface area (Å²) >= 11 is 0. The predicted octanol–water partition coefficient (Wildman–Crippen LogP) is 1.66. The van der Waals surface area contributed by atoms with Crippen LogP contribution in [-0.4, -0.2) is 38.1 Å². The highest BCUT2D eigenvalue weighted by Gasteiger charge is 2.32. The maximum Gasteiger partial charge on any atom is 0.416 e. The fraction of sp³-hybridized carbons (Fsp3) is 0.125. The molecule has 28 heavy (non-hydrogen) atoms. The summed E-state index contributed by atoms with van der Waals surface area (Å²) in [4.78, 5) is 38.8. The second-order valence-electron chi connectivity index (χ2n) is 5.58. The number of carboxylic acids is 1. The quantitative estimate of drug-likeness (QED) is 0.578. The van der Waals surface area contributed by atoms with Gasteiger partial charge in [0.25, 0.3) is 5.91 Å². The van der Waals surface area contributed by atoms with Crippen LogP contribution in [0.15, 0.2) is 35.4 Å². The highest BCUT2D eigenvalue weighted by atomic mass is 19.4. The molecule has 0 saturated carbocycles. The van der Waals surface area contributed by atoms with Crippen LogP contribution < -0.4 is 10.7 Å². The lowest BCUT2D eigenvalue weighted by Gasteiger charge is -2.12. The number of hydrogen-bond acceptors (Lipinski definition) is 4. The van der Waals surface area contributed by atoms with Crippen LogP contribution >= 0.6 is 0 Å². The molecule has 0 bridgehead atoms. The van der Waals surface area contributed by atoms with Gasteiger partial charge >= 0.3 is 12.1 Å². The molecule has 0 radical (unpaired) electrons. The van der Waals surface area contributed by atoms with Crippen molar-refractivity contribution in [3.8, 4) is 11.3 Å². The molecule has 1 amide bonds. The average Bonchev–Trinajstić information content (AvgIpc) is 3.07. The SMILES string of the molecule is O=C(O)CNC(=O)c1c(=O)cc(-c2cc(C(F)(F)F)ccc2F)n2[nH]cnc12. The number of rotatable bonds is 4. The first-order valence-electron chi connectivity index (χ1n) is 7.56. The molecule has 8 nitrogen and oxygen atoms in total. The van der Waals surface area contributed by atoms with E-state index in [-0.39, 0.29) is 11.3 Å². The number of alkyl halides is 3. The number of halogens is 4. The van der Waals surface area contributed by atoms with Gasteiger partial charge in [0.1, 0.15) is 24.3 Å². The van der Waals surface area contributed by atoms with Gasteiger partial charge in [-0.15, -0.1) is 0 Å². The van der Waals surface area contributed by atoms with Gasteiger partial charge in [-0.25, -0.2) is 13.9 Å². The maximum atomic E-state index is 14.2. The number of carboxylic acid groups (broad SMARTS) is 1. The summed E-state index contributed by atoms with van der Waals surface area (Å²) in [5.74, 6) is -3.43. The minimum absolute atomic E-state index is 0.295. The average molecular weight is 398 g/mol. The molecule has 2 heterocycles. The number of fused-ring (bicyclic) bond motifs is 1. The molecule has 0 unspecified atom stereocenters. The van der Waals surface area contributed by atoms with E-state index in [0.717, 1.165) is 16.9 Å². The topological polar surface area (TPSA) is 117 Å². The third-order valence-corrected chi connectivity index (χ3v) is 3.76. The highest BCUT2D eigenvalue weighted by Crippen LogP contribution is 2.33. The van der Waals surface area contributed by atoms with Crippen LogP contribution in [0.3, 0.4) is 0 Å². The third kappa shape index (κ3) is 3.43. The monoisotopic (exact) mass is 398 g/mol. The Morgan fingerprint density at radius 1 is 1.25 bits per heavy atom. The number of H-pyrrole nitrogens is 1. The first-order valence-corrected chi connectivity index (χ1v) is 7.56. The molecule has 0 fully saturated rings. The van der Waals surface area contributed by atoms with Crippen LogP contribution in [0.4, 0.5) is 17.6 Å². The predicted molar refractivity (Wildman–Crippen MR) is 86.2 cm³/mol. The van der Waals surface area contributed by atoms with Gasteiger partial charge in [0, 0.05) is 11.6 Å². The summed E-state index contributed by atoms with van der Waals surface area (Å²) in [6, 6.07) is 2.46. The summed E-state index contributed by atoms with van der Waals surface area (Å²) in [7, 11) is 0. The molecular formula is C16H10F4N4O4. The molecule has 0 aliphatic carbocycles. The Morgan fingerprint density at radius 2 is 1.96 bits per heavy atom. The van der Waals surface area contributed by atoms with E-state index in [0.29, 0.717) is 18.2 Å². The van der Waals surface area contributed by atoms with E-state index in [2.05, 4.69) is 10.1 Å². The van der Waals surface area contributed by atoms with Crippen molar-refractivity contribution in [1.82, 2.24) is 19.9 Å². The standard InChI is InChI=1S/C16H10F4N4O4/c17-9-2-1-7(16(18,19)20)3-8(9)10-4-11(25)13(14-22-6-23-24(10)14)15(28)21-5-12(26)27/h1-4,6H,5H2,(H,21,28)(H,22,23)(H,26,27). The molecule has 0 aliphatic heterocycles. The van der Waals surface area contributed by atoms with Crippen LogP contribution in [0.1, 0.15) is 15.9 Å². The summed E-state index contributed by atoms with van der Waals surface area (Å²) in [5.41, 5.74) is -3.78. The summed E-state index contributed by atoms with van der Waals surface area (Å²) in [6.07, 6.45) is -3.70. The van der Waals surface area contributed by atoms with Crippen molar-refractivity contribution in [2.75, 3.05) is 6.54 Å². The molecule has 3 N–H and O–H groups in total. The van der Waals surface area contributed by atoms with E-state index >= 15 is 0 Å². The van der Waals surface area contributed by atoms with Crippen molar-refractivity contribution in [3.63, 3.8) is 0 Å². The van der Waals surface area contributed by atoms with Crippen molar-refractivity contribution in [2.24, 2.45) is 0 Å². The molecule has 0 atom stereocenters. The number of carbonyl (C=O) groups is 2. The van der Waals surface area contributed by atoms with Gasteiger partial charge in [-0.2, -0.15) is 13.2 Å². The van der Waals surface area contributed by atoms with Gasteiger partial charge < -0.3 is 10.4 Å². The van der Waals surface area contributed by atoms with Gasteiger partial charge in [0.2, 0.25) is 0 Å². The van der Waals surface area contributed by atoms with Gasteiger partial charge in [-0.3, -0.25) is 19.5 Å². The van der Waals surface area contributed by atoms with Gasteiger partial charge in [-0.1, -0.05) is 0 Å². The summed E-state index contributed by atoms with van der Waals surface area (Å²) in [5, 5.41) is 13.1. The number of hydrogen-bond donors (Lipinski definition) is 3. The third-order valence-electron chi connectivity index (χ3n) is 3.76. The fourth-order valence-corrected chi connectivity index (χ4v) is 2.55. The van der Waals surface area contributed by atoms with Crippen LogP contribution in [0.2, 0.25) is 0 Å². The Hall–Kier alpha value is -3.70. The molecule has 1 aromatic carbocycles. The first-order chi connectivity index (χ1) is 13.1. The van der Waals surface area contributed by atoms with Crippen molar-refractivity contribution < 1.29 is 32.3 Å². The number of nitrogens with one attached hydrogen (secondary N) is 2. The molecule has 3 aromatic rings. The lowest BCUT2D eigenvalue weighted by molar-refractivity contribution is -0.138. The Kier molecular flexibility index (Phi) is 4.63. The smallest absolute Gasteiger partial charge is 0.416 e. The Balaban J connectivity index is 2.20. The largest absolute Gasteiger partial charge is 0.480 e. The minimum Gasteiger partial charge on any atom is -0.480 e. The molecule has 3 rings (SSSR count). The summed E-state index contributed by atoms with van der Waals surface area (Å²) < 4.78 is 54.0. The molecule has 0 saturated heterocycles. The number of pyridine rings is 1. The summed E-state index contributed by atoms with van der Waals surface area (Å²) in [6.45, 7) is -0.765. The number of aromatic nitrogens is 3. The van der Waals surface area contributed by atoms with Crippen LogP contribution in [0.25, 0.3) is 16.9 Å². The second kappa shape index (κ2) is 6.79. The lowest BCUT2D eigenvalue weighted by atomic mass is 10.0. The van der Waals surface area contributed by atoms with Crippen LogP contribution in [0, 0.1) is 5.82 Å². The zero-order valence-electron chi connectivity index (χ0n) is 13.7. The van der Waals surface area contributed by atoms with E-state index in [4.69, 9.17) is 5.11 Å². The van der Waals surface area contributed by atoms with E-state index in [1.54, 1.807) is 0 Å². The Bertz CT molecular complexity index is 1150. The number of aromatic amines is 1. The van der Waals surface area contributed by atoms with E-state index in [9.17, 15) is 31.9 Å². The number of aliphatic carboxylic acids is 1. The number of amides is 1. The van der Waals surface area contributed by atoms with Gasteiger partial charge in [0.15, 0.2) is 11.1 Å². The number of benzene rings is 1. The number of nitrogens with zero attached hydrogens (tertiary/aromatic N) is 2. The van der Waals surface area contributed by atoms with Crippen molar-refractivity contribution >= 4 is 17.5 Å². The van der Waals surface area contributed by atoms with Gasteiger partial charge in [-0.05, 0) is 18.2 Å². The van der Waals surface area contributed by atoms with Crippen molar-refractivity contribution in [1.29, 1.82) is 0 Å². The molecule has 0 aliphatic rings. The molecular weight excluding hydrogens is 388 g/mol. The molecule has 146 valence electrons. The molecule has 2 aromatic heterocycles. The van der Waals surface area contributed by atoms with Gasteiger partial charge in [0.05, 0.1) is 11.3 Å². The number of carbonyl (C=O) groups excluding carboxylic acids is 1. The first kappa shape index (κ1) is 19.1. The van der Waals surface area contributed by atoms with Crippen LogP contribution in [0.5, 0.6) is 0 Å². The maximum absolute atomic E-state index is 14.2. The van der Waals surface area contributed by atoms with Crippen molar-refractivity contribution in [3.05, 3.63) is 57.8 Å². The zero-order chi connectivity index (χ0) is 20.6. The van der Waals surface area contributed by atoms with E-state index in [1.807, 2.05) is 5.32 Å². The second-order valence-corrected chi connectivity index (χ2v) is 5.58. The Labute approximate surface area is 152 Å². The van der Waals surface area contributed by atoms with E-state index in [1.165, 1.54) is 0 Å². The van der Waals surface area contributed by atoms with Crippen LogP contribution in [-0.2, 0) is 11.0 Å².